The van der Waals surface area contributed by atoms with Crippen LogP contribution in [0.1, 0.15) is 132 Å². The first-order valence-corrected chi connectivity index (χ1v) is 15.0. The summed E-state index contributed by atoms with van der Waals surface area (Å²) in [4.78, 5) is 17.8. The van der Waals surface area contributed by atoms with Gasteiger partial charge in [0.2, 0.25) is 0 Å². The number of hydrogen-bond acceptors (Lipinski definition) is 2. The molecule has 2 aliphatic carbocycles. The van der Waals surface area contributed by atoms with Crippen LogP contribution in [-0.4, -0.2) is 10.8 Å². The molecule has 2 aliphatic rings. The number of pyridine rings is 1. The highest BCUT2D eigenvalue weighted by Gasteiger charge is 2.19. The van der Waals surface area contributed by atoms with Crippen LogP contribution < -0.4 is 0 Å². The maximum absolute atomic E-state index is 13.2. The van der Waals surface area contributed by atoms with Crippen LogP contribution in [0, 0.1) is 5.92 Å². The summed E-state index contributed by atoms with van der Waals surface area (Å²) in [6.07, 6.45) is 21.8. The quantitative estimate of drug-likeness (QED) is 0.340. The van der Waals surface area contributed by atoms with E-state index in [0.29, 0.717) is 12.3 Å². The predicted octanol–water partition coefficient (Wildman–Crippen LogP) is 9.75. The van der Waals surface area contributed by atoms with Crippen molar-refractivity contribution in [2.75, 3.05) is 0 Å². The summed E-state index contributed by atoms with van der Waals surface area (Å²) in [5.41, 5.74) is 7.11. The van der Waals surface area contributed by atoms with Crippen LogP contribution in [0.3, 0.4) is 0 Å². The second kappa shape index (κ2) is 13.9. The number of fused-ring (bicyclic) bond motifs is 1. The Bertz CT molecular complexity index is 1080. The van der Waals surface area contributed by atoms with Gasteiger partial charge < -0.3 is 0 Å². The van der Waals surface area contributed by atoms with Crippen molar-refractivity contribution < 1.29 is 4.79 Å². The molecule has 1 heterocycles. The molecule has 0 N–H and O–H groups in total. The van der Waals surface area contributed by atoms with Gasteiger partial charge in [0.15, 0.2) is 5.78 Å². The summed E-state index contributed by atoms with van der Waals surface area (Å²) in [5.74, 6) is 2.29. The summed E-state index contributed by atoms with van der Waals surface area (Å²) in [5, 5.41) is 0. The molecule has 0 spiro atoms. The van der Waals surface area contributed by atoms with Crippen LogP contribution in [-0.2, 0) is 11.2 Å². The largest absolute Gasteiger partial charge is 0.294 e. The van der Waals surface area contributed by atoms with E-state index in [2.05, 4.69) is 68.2 Å². The molecule has 2 nitrogen and oxygen atoms in total. The van der Waals surface area contributed by atoms with Crippen molar-refractivity contribution in [3.8, 4) is 0 Å². The molecule has 2 aromatic rings. The van der Waals surface area contributed by atoms with Crippen molar-refractivity contribution in [1.82, 2.24) is 4.98 Å². The molecule has 198 valence electrons. The van der Waals surface area contributed by atoms with Crippen molar-refractivity contribution >= 4 is 11.9 Å². The summed E-state index contributed by atoms with van der Waals surface area (Å²) in [6.45, 7) is 6.66. The molecule has 0 aliphatic heterocycles. The lowest BCUT2D eigenvalue weighted by molar-refractivity contribution is -0.115. The summed E-state index contributed by atoms with van der Waals surface area (Å²) in [6, 6.07) is 13.5. The zero-order valence-corrected chi connectivity index (χ0v) is 23.5. The molecule has 1 aromatic heterocycles. The number of carbonyl (C=O) groups excluding carboxylic acids is 1. The zero-order chi connectivity index (χ0) is 26.0. The van der Waals surface area contributed by atoms with Gasteiger partial charge in [-0.15, -0.1) is 0 Å². The lowest BCUT2D eigenvalue weighted by atomic mass is 9.86. The number of rotatable bonds is 8. The van der Waals surface area contributed by atoms with Crippen LogP contribution in [0.25, 0.3) is 6.08 Å². The van der Waals surface area contributed by atoms with Crippen molar-refractivity contribution in [3.63, 3.8) is 0 Å². The van der Waals surface area contributed by atoms with E-state index in [1.54, 1.807) is 5.56 Å². The highest BCUT2D eigenvalue weighted by molar-refractivity contribution is 6.03. The third-order valence-corrected chi connectivity index (χ3v) is 8.88. The third-order valence-electron chi connectivity index (χ3n) is 8.88. The number of unbranched alkanes of at least 4 members (excludes halogenated alkanes) is 1. The maximum Gasteiger partial charge on any atom is 0.163 e. The topological polar surface area (TPSA) is 30.0 Å². The van der Waals surface area contributed by atoms with Gasteiger partial charge in [-0.25, -0.2) is 0 Å². The molecule has 1 saturated carbocycles. The van der Waals surface area contributed by atoms with E-state index in [1.165, 1.54) is 56.9 Å². The molecule has 0 saturated heterocycles. The van der Waals surface area contributed by atoms with Gasteiger partial charge in [0.25, 0.3) is 0 Å². The number of allylic oxidation sites excluding steroid dienone is 3. The van der Waals surface area contributed by atoms with E-state index in [4.69, 9.17) is 0 Å². The second-order valence-corrected chi connectivity index (χ2v) is 11.6. The fourth-order valence-electron chi connectivity index (χ4n) is 6.28. The molecule has 3 atom stereocenters. The average Bonchev–Trinajstić information content (AvgIpc) is 3.04. The number of nitrogens with zero attached hydrogens (tertiary/aromatic N) is 1. The Morgan fingerprint density at radius 3 is 2.59 bits per heavy atom. The van der Waals surface area contributed by atoms with Crippen molar-refractivity contribution in [1.29, 1.82) is 0 Å². The molecule has 3 unspecified atom stereocenters. The van der Waals surface area contributed by atoms with Crippen molar-refractivity contribution in [2.24, 2.45) is 5.92 Å². The zero-order valence-electron chi connectivity index (χ0n) is 23.5. The Hall–Kier alpha value is -2.48. The molecule has 0 bridgehead atoms. The molecule has 2 heteroatoms. The predicted molar refractivity (Wildman–Crippen MR) is 157 cm³/mol. The van der Waals surface area contributed by atoms with Crippen LogP contribution in [0.2, 0.25) is 0 Å². The second-order valence-electron chi connectivity index (χ2n) is 11.6. The molecule has 0 amide bonds. The molecular weight excluding hydrogens is 450 g/mol. The van der Waals surface area contributed by atoms with Crippen LogP contribution in [0.5, 0.6) is 0 Å². The van der Waals surface area contributed by atoms with Gasteiger partial charge in [-0.1, -0.05) is 82.4 Å². The molecule has 1 fully saturated rings. The van der Waals surface area contributed by atoms with Gasteiger partial charge in [0.05, 0.1) is 5.69 Å². The first-order chi connectivity index (χ1) is 18.0. The minimum Gasteiger partial charge on any atom is -0.294 e. The van der Waals surface area contributed by atoms with Gasteiger partial charge in [0, 0.05) is 24.1 Å². The fourth-order valence-corrected chi connectivity index (χ4v) is 6.28. The SMILES string of the molecule is CCC1CCCCCC(c2ccc(CCCCC(=O)C3=C/c4cccnc4C(C)C\C=C\3C)cc2)CC1. The highest BCUT2D eigenvalue weighted by Crippen LogP contribution is 2.34. The number of carbonyl (C=O) groups is 1. The smallest absolute Gasteiger partial charge is 0.163 e. The van der Waals surface area contributed by atoms with Gasteiger partial charge in [-0.2, -0.15) is 0 Å². The average molecular weight is 498 g/mol. The first-order valence-electron chi connectivity index (χ1n) is 15.0. The number of aryl methyl sites for hydroxylation is 1. The van der Waals surface area contributed by atoms with E-state index in [9.17, 15) is 4.79 Å². The van der Waals surface area contributed by atoms with Crippen molar-refractivity contribution in [3.05, 3.63) is 82.2 Å². The summed E-state index contributed by atoms with van der Waals surface area (Å²) >= 11 is 0. The van der Waals surface area contributed by atoms with E-state index < -0.39 is 0 Å². The van der Waals surface area contributed by atoms with Crippen molar-refractivity contribution in [2.45, 2.75) is 116 Å². The number of hydrogen-bond donors (Lipinski definition) is 0. The van der Waals surface area contributed by atoms with Gasteiger partial charge in [-0.3, -0.25) is 9.78 Å². The van der Waals surface area contributed by atoms with E-state index in [-0.39, 0.29) is 5.78 Å². The number of Topliss-reactive ketones (excluding diaryl/α,β-unsaturated/α-hetero) is 1. The van der Waals surface area contributed by atoms with Gasteiger partial charge in [0.1, 0.15) is 0 Å². The van der Waals surface area contributed by atoms with Crippen LogP contribution >= 0.6 is 0 Å². The lowest BCUT2D eigenvalue weighted by Crippen LogP contribution is -2.08. The minimum absolute atomic E-state index is 0.263. The Morgan fingerprint density at radius 2 is 1.78 bits per heavy atom. The Balaban J connectivity index is 1.29. The number of aromatic nitrogens is 1. The van der Waals surface area contributed by atoms with Gasteiger partial charge in [-0.05, 0) is 98.1 Å². The number of ketones is 1. The standard InChI is InChI=1S/C35H47NO/c1-4-28-11-6-5-7-13-30(21-18-28)31-22-19-29(20-23-31)12-8-9-15-34(37)33-25-32-14-10-24-36-35(32)27(3)17-16-26(33)2/h10,14,16,19-20,22-25,27-28,30H,4-9,11-13,15,17-18,21H2,1-3H3/b26-16+,33-25+. The van der Waals surface area contributed by atoms with Crippen LogP contribution in [0.4, 0.5) is 0 Å². The molecule has 4 rings (SSSR count). The highest BCUT2D eigenvalue weighted by atomic mass is 16.1. The molecule has 37 heavy (non-hydrogen) atoms. The lowest BCUT2D eigenvalue weighted by Gasteiger charge is -2.19. The maximum atomic E-state index is 13.2. The molecule has 1 aromatic carbocycles. The normalized spacial score (nSPS) is 25.6. The summed E-state index contributed by atoms with van der Waals surface area (Å²) < 4.78 is 0. The minimum atomic E-state index is 0.263. The van der Waals surface area contributed by atoms with Gasteiger partial charge >= 0.3 is 0 Å². The van der Waals surface area contributed by atoms with E-state index >= 15 is 0 Å². The number of benzene rings is 1. The van der Waals surface area contributed by atoms with E-state index in [1.807, 2.05) is 12.3 Å². The monoisotopic (exact) mass is 497 g/mol. The molecule has 0 radical (unpaired) electrons. The third kappa shape index (κ3) is 7.76. The first kappa shape index (κ1) is 27.6. The fraction of sp³-hybridized carbons (Fsp3) is 0.543. The Labute approximate surface area is 225 Å². The van der Waals surface area contributed by atoms with Crippen LogP contribution in [0.15, 0.2) is 59.8 Å². The molecular formula is C35H47NO. The Kier molecular flexibility index (Phi) is 10.3. The Morgan fingerprint density at radius 1 is 0.973 bits per heavy atom. The van der Waals surface area contributed by atoms with E-state index in [0.717, 1.165) is 59.9 Å². The summed E-state index contributed by atoms with van der Waals surface area (Å²) in [7, 11) is 0.